The Balaban J connectivity index is 2.76. The molecule has 0 aromatic heterocycles. The van der Waals surface area contributed by atoms with Gasteiger partial charge in [-0.3, -0.25) is 9.59 Å². The summed E-state index contributed by atoms with van der Waals surface area (Å²) < 4.78 is 5.08. The molecule has 1 aromatic rings. The summed E-state index contributed by atoms with van der Waals surface area (Å²) in [5.74, 6) is 0.340. The highest BCUT2D eigenvalue weighted by atomic mass is 35.5. The van der Waals surface area contributed by atoms with Crippen LogP contribution in [0.4, 0.5) is 5.69 Å². The van der Waals surface area contributed by atoms with Gasteiger partial charge in [0.2, 0.25) is 11.8 Å². The second-order valence-electron chi connectivity index (χ2n) is 4.59. The fourth-order valence-corrected chi connectivity index (χ4v) is 2.11. The molecule has 0 unspecified atom stereocenters. The molecular weight excluding hydrogens is 292 g/mol. The normalized spacial score (nSPS) is 10.1. The predicted molar refractivity (Wildman–Crippen MR) is 83.9 cm³/mol. The lowest BCUT2D eigenvalue weighted by Gasteiger charge is -2.21. The van der Waals surface area contributed by atoms with E-state index in [2.05, 4.69) is 5.32 Å². The average Bonchev–Trinajstić information content (AvgIpc) is 2.45. The molecule has 6 heteroatoms. The van der Waals surface area contributed by atoms with Gasteiger partial charge in [-0.1, -0.05) is 18.5 Å². The minimum absolute atomic E-state index is 0.0669. The van der Waals surface area contributed by atoms with Crippen molar-refractivity contribution in [1.29, 1.82) is 0 Å². The van der Waals surface area contributed by atoms with Crippen molar-refractivity contribution in [3.05, 3.63) is 23.2 Å². The third-order valence-corrected chi connectivity index (χ3v) is 3.26. The van der Waals surface area contributed by atoms with Crippen LogP contribution in [-0.2, 0) is 9.59 Å². The van der Waals surface area contributed by atoms with Crippen LogP contribution in [0.3, 0.4) is 0 Å². The molecule has 0 aliphatic carbocycles. The summed E-state index contributed by atoms with van der Waals surface area (Å²) in [6.07, 6.45) is 1.14. The zero-order chi connectivity index (χ0) is 15.8. The molecule has 1 N–H and O–H groups in total. The van der Waals surface area contributed by atoms with Gasteiger partial charge < -0.3 is 15.0 Å². The zero-order valence-corrected chi connectivity index (χ0v) is 13.4. The van der Waals surface area contributed by atoms with E-state index in [1.54, 1.807) is 18.2 Å². The molecule has 0 spiro atoms. The van der Waals surface area contributed by atoms with Gasteiger partial charge in [-0.05, 0) is 24.6 Å². The maximum atomic E-state index is 11.8. The van der Waals surface area contributed by atoms with Crippen LogP contribution >= 0.6 is 11.6 Å². The van der Waals surface area contributed by atoms with E-state index in [9.17, 15) is 9.59 Å². The molecule has 1 aromatic carbocycles. The van der Waals surface area contributed by atoms with Crippen LogP contribution in [0, 0.1) is 0 Å². The van der Waals surface area contributed by atoms with Crippen LogP contribution in [0.15, 0.2) is 18.2 Å². The molecule has 0 radical (unpaired) electrons. The van der Waals surface area contributed by atoms with Crippen LogP contribution in [0.25, 0.3) is 0 Å². The Morgan fingerprint density at radius 2 is 2.10 bits per heavy atom. The maximum Gasteiger partial charge on any atom is 0.223 e. The highest BCUT2D eigenvalue weighted by Gasteiger charge is 2.14. The first-order valence-corrected chi connectivity index (χ1v) is 7.25. The van der Waals surface area contributed by atoms with Crippen molar-refractivity contribution in [2.75, 3.05) is 25.1 Å². The fourth-order valence-electron chi connectivity index (χ4n) is 1.86. The van der Waals surface area contributed by atoms with Gasteiger partial charge in [0.25, 0.3) is 0 Å². The number of halogens is 1. The summed E-state index contributed by atoms with van der Waals surface area (Å²) in [5, 5.41) is 3.21. The zero-order valence-electron chi connectivity index (χ0n) is 12.6. The Kier molecular flexibility index (Phi) is 7.02. The van der Waals surface area contributed by atoms with Crippen molar-refractivity contribution < 1.29 is 14.3 Å². The summed E-state index contributed by atoms with van der Waals surface area (Å²) in [5.41, 5.74) is 0.650. The number of hydrogen-bond acceptors (Lipinski definition) is 3. The number of anilines is 1. The van der Waals surface area contributed by atoms with Crippen molar-refractivity contribution in [1.82, 2.24) is 5.32 Å². The van der Waals surface area contributed by atoms with Gasteiger partial charge in [0.15, 0.2) is 0 Å². The van der Waals surface area contributed by atoms with Crippen molar-refractivity contribution in [2.24, 2.45) is 0 Å². The molecule has 21 heavy (non-hydrogen) atoms. The van der Waals surface area contributed by atoms with Gasteiger partial charge in [0.05, 0.1) is 12.1 Å². The number of amides is 2. The maximum absolute atomic E-state index is 11.8. The lowest BCUT2D eigenvalue weighted by atomic mass is 10.2. The number of rotatable bonds is 7. The Morgan fingerprint density at radius 3 is 2.62 bits per heavy atom. The molecule has 0 saturated heterocycles. The van der Waals surface area contributed by atoms with Crippen molar-refractivity contribution in [2.45, 2.75) is 26.7 Å². The second kappa shape index (κ2) is 8.52. The number of ether oxygens (including phenoxy) is 1. The first-order chi connectivity index (χ1) is 9.99. The molecule has 0 bridgehead atoms. The van der Waals surface area contributed by atoms with E-state index in [-0.39, 0.29) is 18.2 Å². The topological polar surface area (TPSA) is 58.6 Å². The minimum atomic E-state index is -0.139. The summed E-state index contributed by atoms with van der Waals surface area (Å²) >= 11 is 6.07. The van der Waals surface area contributed by atoms with Gasteiger partial charge in [-0.25, -0.2) is 0 Å². The van der Waals surface area contributed by atoms with Gasteiger partial charge in [-0.15, -0.1) is 0 Å². The van der Waals surface area contributed by atoms with Crippen LogP contribution in [0.1, 0.15) is 26.7 Å². The number of benzene rings is 1. The summed E-state index contributed by atoms with van der Waals surface area (Å²) in [7, 11) is 1.53. The number of hydrogen-bond donors (Lipinski definition) is 1. The van der Waals surface area contributed by atoms with E-state index in [1.165, 1.54) is 18.9 Å². The molecular formula is C15H21ClN2O3. The molecule has 0 aliphatic heterocycles. The summed E-state index contributed by atoms with van der Waals surface area (Å²) in [4.78, 5) is 24.9. The largest absolute Gasteiger partial charge is 0.495 e. The fraction of sp³-hybridized carbons (Fsp3) is 0.467. The average molecular weight is 313 g/mol. The molecule has 0 heterocycles. The summed E-state index contributed by atoms with van der Waals surface area (Å²) in [6.45, 7) is 4.41. The van der Waals surface area contributed by atoms with Crippen LogP contribution in [0.5, 0.6) is 5.75 Å². The van der Waals surface area contributed by atoms with E-state index in [0.717, 1.165) is 6.42 Å². The van der Waals surface area contributed by atoms with Crippen LogP contribution in [0.2, 0.25) is 5.02 Å². The number of nitrogens with one attached hydrogen (secondary N) is 1. The first-order valence-electron chi connectivity index (χ1n) is 6.88. The SMILES string of the molecule is CCCNC(=O)CCN(C(C)=O)c1ccc(OC)c(Cl)c1. The Hall–Kier alpha value is -1.75. The van der Waals surface area contributed by atoms with E-state index >= 15 is 0 Å². The molecule has 0 fully saturated rings. The monoisotopic (exact) mass is 312 g/mol. The molecule has 0 aliphatic rings. The lowest BCUT2D eigenvalue weighted by Crippen LogP contribution is -2.34. The standard InChI is InChI=1S/C15H21ClN2O3/c1-4-8-17-15(20)7-9-18(11(2)19)12-5-6-14(21-3)13(16)10-12/h5-6,10H,4,7-9H2,1-3H3,(H,17,20). The first kappa shape index (κ1) is 17.3. The smallest absolute Gasteiger partial charge is 0.223 e. The Labute approximate surface area is 130 Å². The quantitative estimate of drug-likeness (QED) is 0.842. The van der Waals surface area contributed by atoms with Gasteiger partial charge in [-0.2, -0.15) is 0 Å². The van der Waals surface area contributed by atoms with Crippen LogP contribution < -0.4 is 15.0 Å². The van der Waals surface area contributed by atoms with Gasteiger partial charge in [0.1, 0.15) is 5.75 Å². The van der Waals surface area contributed by atoms with E-state index < -0.39 is 0 Å². The highest BCUT2D eigenvalue weighted by Crippen LogP contribution is 2.29. The second-order valence-corrected chi connectivity index (χ2v) is 5.00. The molecule has 0 atom stereocenters. The van der Waals surface area contributed by atoms with E-state index in [1.807, 2.05) is 6.92 Å². The third-order valence-electron chi connectivity index (χ3n) is 2.96. The lowest BCUT2D eigenvalue weighted by molar-refractivity contribution is -0.121. The Morgan fingerprint density at radius 1 is 1.38 bits per heavy atom. The number of carbonyl (C=O) groups is 2. The van der Waals surface area contributed by atoms with Crippen LogP contribution in [-0.4, -0.2) is 32.0 Å². The molecule has 2 amide bonds. The van der Waals surface area contributed by atoms with E-state index in [4.69, 9.17) is 16.3 Å². The van der Waals surface area contributed by atoms with E-state index in [0.29, 0.717) is 29.5 Å². The third kappa shape index (κ3) is 5.27. The molecule has 116 valence electrons. The molecule has 0 saturated carbocycles. The van der Waals surface area contributed by atoms with Gasteiger partial charge >= 0.3 is 0 Å². The predicted octanol–water partition coefficient (Wildman–Crippen LogP) is 2.62. The number of methoxy groups -OCH3 is 1. The molecule has 5 nitrogen and oxygen atoms in total. The molecule has 1 rings (SSSR count). The van der Waals surface area contributed by atoms with Gasteiger partial charge in [0, 0.05) is 32.1 Å². The van der Waals surface area contributed by atoms with Crippen molar-refractivity contribution in [3.63, 3.8) is 0 Å². The summed E-state index contributed by atoms with van der Waals surface area (Å²) in [6, 6.07) is 5.10. The van der Waals surface area contributed by atoms with Crippen molar-refractivity contribution >= 4 is 29.1 Å². The number of carbonyl (C=O) groups excluding carboxylic acids is 2. The minimum Gasteiger partial charge on any atom is -0.495 e. The Bertz CT molecular complexity index is 506. The number of nitrogens with zero attached hydrogens (tertiary/aromatic N) is 1. The van der Waals surface area contributed by atoms with Crippen molar-refractivity contribution in [3.8, 4) is 5.75 Å². The highest BCUT2D eigenvalue weighted by molar-refractivity contribution is 6.32.